The van der Waals surface area contributed by atoms with Crippen LogP contribution < -0.4 is 5.32 Å². The number of hydrogen-bond donors (Lipinski definition) is 2. The first-order valence-electron chi connectivity index (χ1n) is 6.91. The fraction of sp³-hybridized carbons (Fsp3) is 0.846. The van der Waals surface area contributed by atoms with E-state index in [1.807, 2.05) is 13.8 Å². The summed E-state index contributed by atoms with van der Waals surface area (Å²) < 4.78 is 5.40. The van der Waals surface area contributed by atoms with Crippen molar-refractivity contribution in [2.75, 3.05) is 19.7 Å². The van der Waals surface area contributed by atoms with Crippen molar-refractivity contribution < 1.29 is 19.4 Å². The lowest BCUT2D eigenvalue weighted by Gasteiger charge is -2.21. The van der Waals surface area contributed by atoms with E-state index in [4.69, 9.17) is 9.84 Å². The van der Waals surface area contributed by atoms with Gasteiger partial charge in [-0.15, -0.1) is 0 Å². The highest BCUT2D eigenvalue weighted by molar-refractivity contribution is 5.83. The molecule has 0 bridgehead atoms. The molecule has 2 N–H and O–H groups in total. The molecule has 0 aromatic rings. The predicted molar refractivity (Wildman–Crippen MR) is 71.1 cm³/mol. The lowest BCUT2D eigenvalue weighted by Crippen LogP contribution is -2.46. The van der Waals surface area contributed by atoms with E-state index in [0.29, 0.717) is 26.1 Å². The normalized spacial score (nSPS) is 18.9. The number of carboxylic acids is 1. The molecule has 0 saturated carbocycles. The Morgan fingerprint density at radius 1 is 1.42 bits per heavy atom. The monoisotopic (exact) mass is 272 g/mol. The first-order valence-corrected chi connectivity index (χ1v) is 6.91. The van der Waals surface area contributed by atoms with Gasteiger partial charge in [-0.1, -0.05) is 0 Å². The van der Waals surface area contributed by atoms with Gasteiger partial charge in [0, 0.05) is 19.7 Å². The van der Waals surface area contributed by atoms with Crippen LogP contribution in [0, 0.1) is 0 Å². The van der Waals surface area contributed by atoms with E-state index in [2.05, 4.69) is 5.32 Å². The molecule has 1 unspecified atom stereocenters. The molecule has 1 rings (SSSR count). The van der Waals surface area contributed by atoms with Crippen molar-refractivity contribution in [3.63, 3.8) is 0 Å². The zero-order valence-electron chi connectivity index (χ0n) is 11.7. The van der Waals surface area contributed by atoms with Gasteiger partial charge in [0.05, 0.1) is 6.10 Å². The van der Waals surface area contributed by atoms with Crippen LogP contribution in [0.25, 0.3) is 0 Å². The molecule has 2 amide bonds. The van der Waals surface area contributed by atoms with Gasteiger partial charge in [0.15, 0.2) is 0 Å². The molecule has 6 nitrogen and oxygen atoms in total. The minimum Gasteiger partial charge on any atom is -0.480 e. The Morgan fingerprint density at radius 3 is 2.79 bits per heavy atom. The molecule has 0 spiro atoms. The molecule has 6 heteroatoms. The number of likely N-dealkylation sites (tertiary alicyclic amines) is 1. The number of nitrogens with one attached hydrogen (secondary N) is 1. The minimum atomic E-state index is -0.919. The zero-order valence-corrected chi connectivity index (χ0v) is 11.7. The van der Waals surface area contributed by atoms with E-state index in [0.717, 1.165) is 19.3 Å². The molecule has 1 saturated heterocycles. The van der Waals surface area contributed by atoms with Gasteiger partial charge >= 0.3 is 12.0 Å². The van der Waals surface area contributed by atoms with Gasteiger partial charge in [-0.05, 0) is 39.5 Å². The second-order valence-corrected chi connectivity index (χ2v) is 5.05. The zero-order chi connectivity index (χ0) is 14.3. The summed E-state index contributed by atoms with van der Waals surface area (Å²) in [6.07, 6.45) is 3.26. The Hall–Kier alpha value is -1.30. The first kappa shape index (κ1) is 15.8. The highest BCUT2D eigenvalue weighted by Gasteiger charge is 2.33. The van der Waals surface area contributed by atoms with Crippen LogP contribution in [0.15, 0.2) is 0 Å². The standard InChI is InChI=1S/C13H24N2O4/c1-10(2)19-9-4-3-7-14-13(18)15-8-5-6-11(15)12(16)17/h10-11H,3-9H2,1-2H3,(H,14,18)(H,16,17). The van der Waals surface area contributed by atoms with Crippen molar-refractivity contribution in [2.24, 2.45) is 0 Å². The molecule has 0 radical (unpaired) electrons. The van der Waals surface area contributed by atoms with Crippen molar-refractivity contribution in [3.8, 4) is 0 Å². The Morgan fingerprint density at radius 2 is 2.16 bits per heavy atom. The Bertz CT molecular complexity index is 307. The molecule has 110 valence electrons. The summed E-state index contributed by atoms with van der Waals surface area (Å²) in [6.45, 7) is 5.75. The van der Waals surface area contributed by atoms with Crippen LogP contribution in [0.3, 0.4) is 0 Å². The average molecular weight is 272 g/mol. The number of aliphatic carboxylic acids is 1. The molecule has 1 aliphatic rings. The van der Waals surface area contributed by atoms with Crippen molar-refractivity contribution in [1.82, 2.24) is 10.2 Å². The second kappa shape index (κ2) is 7.99. The van der Waals surface area contributed by atoms with Crippen LogP contribution in [0.2, 0.25) is 0 Å². The van der Waals surface area contributed by atoms with Crippen molar-refractivity contribution in [1.29, 1.82) is 0 Å². The van der Waals surface area contributed by atoms with Crippen molar-refractivity contribution in [2.45, 2.75) is 51.7 Å². The van der Waals surface area contributed by atoms with Crippen LogP contribution in [0.5, 0.6) is 0 Å². The third-order valence-electron chi connectivity index (χ3n) is 3.10. The molecule has 1 fully saturated rings. The van der Waals surface area contributed by atoms with Gasteiger partial charge in [0.1, 0.15) is 6.04 Å². The van der Waals surface area contributed by atoms with Crippen LogP contribution in [0.1, 0.15) is 39.5 Å². The fourth-order valence-corrected chi connectivity index (χ4v) is 2.11. The summed E-state index contributed by atoms with van der Waals surface area (Å²) in [6, 6.07) is -0.932. The fourth-order valence-electron chi connectivity index (χ4n) is 2.11. The molecule has 1 aliphatic heterocycles. The largest absolute Gasteiger partial charge is 0.480 e. The van der Waals surface area contributed by atoms with Crippen molar-refractivity contribution in [3.05, 3.63) is 0 Å². The summed E-state index contributed by atoms with van der Waals surface area (Å²) in [4.78, 5) is 24.2. The number of carbonyl (C=O) groups excluding carboxylic acids is 1. The second-order valence-electron chi connectivity index (χ2n) is 5.05. The number of hydrogen-bond acceptors (Lipinski definition) is 3. The van der Waals surface area contributed by atoms with E-state index < -0.39 is 12.0 Å². The van der Waals surface area contributed by atoms with E-state index in [-0.39, 0.29) is 12.1 Å². The summed E-state index contributed by atoms with van der Waals surface area (Å²) in [5.74, 6) is -0.919. The molecule has 0 aromatic carbocycles. The Labute approximate surface area is 114 Å². The Kier molecular flexibility index (Phi) is 6.62. The third-order valence-corrected chi connectivity index (χ3v) is 3.10. The number of amides is 2. The molecule has 0 aromatic heterocycles. The van der Waals surface area contributed by atoms with E-state index >= 15 is 0 Å². The molecular weight excluding hydrogens is 248 g/mol. The number of nitrogens with zero attached hydrogens (tertiary/aromatic N) is 1. The quantitative estimate of drug-likeness (QED) is 0.688. The van der Waals surface area contributed by atoms with Crippen LogP contribution >= 0.6 is 0 Å². The lowest BCUT2D eigenvalue weighted by molar-refractivity contribution is -0.141. The number of unbranched alkanes of at least 4 members (excludes halogenated alkanes) is 1. The third kappa shape index (κ3) is 5.46. The van der Waals surface area contributed by atoms with Crippen LogP contribution in [-0.2, 0) is 9.53 Å². The van der Waals surface area contributed by atoms with Crippen LogP contribution in [0.4, 0.5) is 4.79 Å². The van der Waals surface area contributed by atoms with Crippen molar-refractivity contribution >= 4 is 12.0 Å². The summed E-state index contributed by atoms with van der Waals surface area (Å²) in [5, 5.41) is 11.8. The smallest absolute Gasteiger partial charge is 0.326 e. The molecule has 1 heterocycles. The highest BCUT2D eigenvalue weighted by Crippen LogP contribution is 2.17. The van der Waals surface area contributed by atoms with E-state index in [1.165, 1.54) is 4.90 Å². The first-order chi connectivity index (χ1) is 9.02. The molecular formula is C13H24N2O4. The summed E-state index contributed by atoms with van der Waals surface area (Å²) in [7, 11) is 0. The SMILES string of the molecule is CC(C)OCCCCNC(=O)N1CCCC1C(=O)O. The van der Waals surface area contributed by atoms with Gasteiger partial charge in [-0.3, -0.25) is 0 Å². The van der Waals surface area contributed by atoms with E-state index in [9.17, 15) is 9.59 Å². The lowest BCUT2D eigenvalue weighted by atomic mass is 10.2. The number of ether oxygens (including phenoxy) is 1. The molecule has 0 aliphatic carbocycles. The van der Waals surface area contributed by atoms with Gasteiger partial charge < -0.3 is 20.1 Å². The maximum absolute atomic E-state index is 11.8. The number of carbonyl (C=O) groups is 2. The van der Waals surface area contributed by atoms with E-state index in [1.54, 1.807) is 0 Å². The number of carboxylic acid groups (broad SMARTS) is 1. The summed E-state index contributed by atoms with van der Waals surface area (Å²) >= 11 is 0. The van der Waals surface area contributed by atoms with Gasteiger partial charge in [0.25, 0.3) is 0 Å². The maximum atomic E-state index is 11.8. The van der Waals surface area contributed by atoms with Gasteiger partial charge in [-0.2, -0.15) is 0 Å². The Balaban J connectivity index is 2.15. The van der Waals surface area contributed by atoms with Gasteiger partial charge in [-0.25, -0.2) is 9.59 Å². The highest BCUT2D eigenvalue weighted by atomic mass is 16.5. The molecule has 1 atom stereocenters. The minimum absolute atomic E-state index is 0.232. The number of urea groups is 1. The summed E-state index contributed by atoms with van der Waals surface area (Å²) in [5.41, 5.74) is 0. The molecule has 19 heavy (non-hydrogen) atoms. The average Bonchev–Trinajstić information content (AvgIpc) is 2.82. The van der Waals surface area contributed by atoms with Gasteiger partial charge in [0.2, 0.25) is 0 Å². The topological polar surface area (TPSA) is 78.9 Å². The van der Waals surface area contributed by atoms with Crippen LogP contribution in [-0.4, -0.2) is 53.8 Å². The number of rotatable bonds is 7. The predicted octanol–water partition coefficient (Wildman–Crippen LogP) is 1.45. The maximum Gasteiger partial charge on any atom is 0.326 e.